The zero-order valence-electron chi connectivity index (χ0n) is 11.0. The van der Waals surface area contributed by atoms with Crippen LogP contribution in [0.3, 0.4) is 0 Å². The molecule has 1 rings (SSSR count). The molecule has 0 heterocycles. The monoisotopic (exact) mass is 267 g/mol. The van der Waals surface area contributed by atoms with Gasteiger partial charge in [0, 0.05) is 13.2 Å². The van der Waals surface area contributed by atoms with Crippen LogP contribution in [0.5, 0.6) is 0 Å². The molecule has 1 aromatic carbocycles. The number of carboxylic acid groups (broad SMARTS) is 1. The molecule has 0 aromatic heterocycles. The Morgan fingerprint density at radius 1 is 1.21 bits per heavy atom. The molecule has 1 aromatic rings. The van der Waals surface area contributed by atoms with Crippen LogP contribution < -0.4 is 5.73 Å². The van der Waals surface area contributed by atoms with Gasteiger partial charge >= 0.3 is 5.97 Å². The summed E-state index contributed by atoms with van der Waals surface area (Å²) in [6, 6.07) is 9.67. The first-order valence-electron chi connectivity index (χ1n) is 6.36. The third kappa shape index (κ3) is 6.91. The number of ether oxygens (including phenoxy) is 2. The number of benzene rings is 1. The molecule has 0 spiro atoms. The largest absolute Gasteiger partial charge is 0.481 e. The second kappa shape index (κ2) is 9.49. The Kier molecular flexibility index (Phi) is 7.81. The van der Waals surface area contributed by atoms with Gasteiger partial charge in [0.2, 0.25) is 0 Å². The molecule has 1 atom stereocenters. The molecule has 1 unspecified atom stereocenters. The fourth-order valence-electron chi connectivity index (χ4n) is 1.58. The van der Waals surface area contributed by atoms with Gasteiger partial charge in [-0.2, -0.15) is 0 Å². The first-order chi connectivity index (χ1) is 9.24. The summed E-state index contributed by atoms with van der Waals surface area (Å²) in [5.74, 6) is -1.40. The van der Waals surface area contributed by atoms with E-state index in [1.165, 1.54) is 0 Å². The third-order valence-corrected chi connectivity index (χ3v) is 2.65. The van der Waals surface area contributed by atoms with Gasteiger partial charge in [-0.3, -0.25) is 4.79 Å². The van der Waals surface area contributed by atoms with E-state index in [1.807, 2.05) is 30.3 Å². The lowest BCUT2D eigenvalue weighted by atomic mass is 10.1. The normalized spacial score (nSPS) is 12.3. The molecule has 19 heavy (non-hydrogen) atoms. The van der Waals surface area contributed by atoms with Crippen LogP contribution in [0.1, 0.15) is 12.0 Å². The van der Waals surface area contributed by atoms with E-state index < -0.39 is 11.9 Å². The number of nitrogens with two attached hydrogens (primary N) is 1. The SMILES string of the molecule is NCCOCCC(COCc1ccccc1)C(=O)O. The summed E-state index contributed by atoms with van der Waals surface area (Å²) in [7, 11) is 0. The zero-order valence-corrected chi connectivity index (χ0v) is 11.0. The predicted octanol–water partition coefficient (Wildman–Crippen LogP) is 1.27. The van der Waals surface area contributed by atoms with Gasteiger partial charge in [-0.05, 0) is 12.0 Å². The molecular formula is C14H21NO4. The second-order valence-corrected chi connectivity index (χ2v) is 4.23. The van der Waals surface area contributed by atoms with Crippen molar-refractivity contribution in [3.63, 3.8) is 0 Å². The standard InChI is InChI=1S/C14H21NO4/c15-7-9-18-8-6-13(14(16)17)11-19-10-12-4-2-1-3-5-12/h1-5,13H,6-11,15H2,(H,16,17). The van der Waals surface area contributed by atoms with Gasteiger partial charge in [-0.25, -0.2) is 0 Å². The number of rotatable bonds is 10. The quantitative estimate of drug-likeness (QED) is 0.624. The van der Waals surface area contributed by atoms with E-state index in [9.17, 15) is 4.79 Å². The molecule has 3 N–H and O–H groups in total. The fraction of sp³-hybridized carbons (Fsp3) is 0.500. The van der Waals surface area contributed by atoms with Crippen LogP contribution >= 0.6 is 0 Å². The topological polar surface area (TPSA) is 81.8 Å². The van der Waals surface area contributed by atoms with Gasteiger partial charge in [0.25, 0.3) is 0 Å². The summed E-state index contributed by atoms with van der Waals surface area (Å²) < 4.78 is 10.6. The van der Waals surface area contributed by atoms with Crippen LogP contribution in [0.15, 0.2) is 30.3 Å². The van der Waals surface area contributed by atoms with Crippen LogP contribution in [0, 0.1) is 5.92 Å². The Balaban J connectivity index is 2.24. The van der Waals surface area contributed by atoms with Crippen LogP contribution in [0.4, 0.5) is 0 Å². The minimum Gasteiger partial charge on any atom is -0.481 e. The molecule has 0 aliphatic heterocycles. The van der Waals surface area contributed by atoms with E-state index in [4.69, 9.17) is 20.3 Å². The lowest BCUT2D eigenvalue weighted by Gasteiger charge is -2.13. The van der Waals surface area contributed by atoms with Crippen molar-refractivity contribution in [3.05, 3.63) is 35.9 Å². The highest BCUT2D eigenvalue weighted by atomic mass is 16.5. The Morgan fingerprint density at radius 2 is 1.95 bits per heavy atom. The predicted molar refractivity (Wildman–Crippen MR) is 71.7 cm³/mol. The number of carbonyl (C=O) groups is 1. The average Bonchev–Trinajstić information content (AvgIpc) is 2.42. The van der Waals surface area contributed by atoms with E-state index in [0.717, 1.165) is 5.56 Å². The van der Waals surface area contributed by atoms with Crippen molar-refractivity contribution in [2.75, 3.05) is 26.4 Å². The Morgan fingerprint density at radius 3 is 2.58 bits per heavy atom. The molecule has 0 fully saturated rings. The van der Waals surface area contributed by atoms with Gasteiger partial charge in [0.1, 0.15) is 0 Å². The molecule has 5 nitrogen and oxygen atoms in total. The molecule has 0 amide bonds. The summed E-state index contributed by atoms with van der Waals surface area (Å²) >= 11 is 0. The number of carboxylic acids is 1. The van der Waals surface area contributed by atoms with Gasteiger partial charge in [-0.15, -0.1) is 0 Å². The first-order valence-corrected chi connectivity index (χ1v) is 6.36. The van der Waals surface area contributed by atoms with Crippen molar-refractivity contribution in [2.45, 2.75) is 13.0 Å². The summed E-state index contributed by atoms with van der Waals surface area (Å²) in [4.78, 5) is 11.0. The average molecular weight is 267 g/mol. The van der Waals surface area contributed by atoms with Crippen molar-refractivity contribution in [3.8, 4) is 0 Å². The summed E-state index contributed by atoms with van der Waals surface area (Å²) in [5.41, 5.74) is 6.32. The van der Waals surface area contributed by atoms with Gasteiger partial charge in [0.05, 0.1) is 25.7 Å². The summed E-state index contributed by atoms with van der Waals surface area (Å²) in [6.07, 6.45) is 0.435. The van der Waals surface area contributed by atoms with Crippen LogP contribution in [-0.4, -0.2) is 37.4 Å². The van der Waals surface area contributed by atoms with E-state index in [0.29, 0.717) is 32.8 Å². The molecule has 0 aliphatic carbocycles. The molecule has 0 bridgehead atoms. The molecule has 0 aliphatic rings. The van der Waals surface area contributed by atoms with E-state index >= 15 is 0 Å². The van der Waals surface area contributed by atoms with Crippen molar-refractivity contribution in [1.82, 2.24) is 0 Å². The smallest absolute Gasteiger partial charge is 0.308 e. The number of aliphatic carboxylic acids is 1. The Labute approximate surface area is 113 Å². The van der Waals surface area contributed by atoms with E-state index in [2.05, 4.69) is 0 Å². The zero-order chi connectivity index (χ0) is 13.9. The van der Waals surface area contributed by atoms with Crippen LogP contribution in [0.2, 0.25) is 0 Å². The summed E-state index contributed by atoms with van der Waals surface area (Å²) in [6.45, 7) is 1.91. The summed E-state index contributed by atoms with van der Waals surface area (Å²) in [5, 5.41) is 9.07. The highest BCUT2D eigenvalue weighted by molar-refractivity contribution is 5.70. The second-order valence-electron chi connectivity index (χ2n) is 4.23. The third-order valence-electron chi connectivity index (χ3n) is 2.65. The highest BCUT2D eigenvalue weighted by Gasteiger charge is 2.17. The highest BCUT2D eigenvalue weighted by Crippen LogP contribution is 2.07. The molecule has 5 heteroatoms. The lowest BCUT2D eigenvalue weighted by Crippen LogP contribution is -2.22. The van der Waals surface area contributed by atoms with Crippen molar-refractivity contribution >= 4 is 5.97 Å². The van der Waals surface area contributed by atoms with Crippen molar-refractivity contribution in [1.29, 1.82) is 0 Å². The first kappa shape index (κ1) is 15.6. The molecule has 0 saturated carbocycles. The van der Waals surface area contributed by atoms with E-state index in [1.54, 1.807) is 0 Å². The maximum absolute atomic E-state index is 11.0. The van der Waals surface area contributed by atoms with E-state index in [-0.39, 0.29) is 6.61 Å². The Bertz CT molecular complexity index is 356. The van der Waals surface area contributed by atoms with Gasteiger partial charge in [-0.1, -0.05) is 30.3 Å². The molecular weight excluding hydrogens is 246 g/mol. The van der Waals surface area contributed by atoms with Gasteiger partial charge < -0.3 is 20.3 Å². The lowest BCUT2D eigenvalue weighted by molar-refractivity contribution is -0.145. The minimum atomic E-state index is -0.857. The van der Waals surface area contributed by atoms with Gasteiger partial charge in [0.15, 0.2) is 0 Å². The van der Waals surface area contributed by atoms with Crippen molar-refractivity contribution < 1.29 is 19.4 Å². The molecule has 0 radical (unpaired) electrons. The van der Waals surface area contributed by atoms with Crippen LogP contribution in [-0.2, 0) is 20.9 Å². The maximum atomic E-state index is 11.0. The minimum absolute atomic E-state index is 0.191. The van der Waals surface area contributed by atoms with Crippen LogP contribution in [0.25, 0.3) is 0 Å². The Hall–Kier alpha value is -1.43. The number of hydrogen-bond donors (Lipinski definition) is 2. The molecule has 106 valence electrons. The van der Waals surface area contributed by atoms with Crippen molar-refractivity contribution in [2.24, 2.45) is 11.7 Å². The molecule has 0 saturated heterocycles. The fourth-order valence-corrected chi connectivity index (χ4v) is 1.58. The number of hydrogen-bond acceptors (Lipinski definition) is 4. The maximum Gasteiger partial charge on any atom is 0.308 e.